The molecule has 1 amide bonds. The summed E-state index contributed by atoms with van der Waals surface area (Å²) in [5, 5.41) is 2.57. The Kier molecular flexibility index (Phi) is 6.37. The molecule has 1 aromatic carbocycles. The molecule has 0 aliphatic carbocycles. The summed E-state index contributed by atoms with van der Waals surface area (Å²) < 4.78 is 26.7. The maximum atomic E-state index is 12.1. The molecular weight excluding hydrogens is 342 g/mol. The maximum absolute atomic E-state index is 12.1. The normalized spacial score (nSPS) is 12.4. The van der Waals surface area contributed by atoms with E-state index < -0.39 is 22.0 Å². The summed E-state index contributed by atoms with van der Waals surface area (Å²) in [6, 6.07) is 10.6. The van der Waals surface area contributed by atoms with E-state index in [9.17, 15) is 18.0 Å². The molecule has 7 nitrogen and oxygen atoms in total. The number of rotatable bonds is 8. The molecule has 0 radical (unpaired) electrons. The van der Waals surface area contributed by atoms with Gasteiger partial charge in [-0.1, -0.05) is 25.1 Å². The summed E-state index contributed by atoms with van der Waals surface area (Å²) in [5.41, 5.74) is 0.772. The molecule has 0 saturated carbocycles. The zero-order chi connectivity index (χ0) is 18.3. The molecule has 2 N–H and O–H groups in total. The predicted octanol–water partition coefficient (Wildman–Crippen LogP) is 1.27. The first-order valence-electron chi connectivity index (χ1n) is 7.72. The second kappa shape index (κ2) is 8.50. The summed E-state index contributed by atoms with van der Waals surface area (Å²) in [6.45, 7) is 1.80. The fraction of sp³-hybridized carbons (Fsp3) is 0.235. The van der Waals surface area contributed by atoms with Gasteiger partial charge in [0.2, 0.25) is 10.0 Å². The van der Waals surface area contributed by atoms with Crippen LogP contribution in [0.15, 0.2) is 53.6 Å². The summed E-state index contributed by atoms with van der Waals surface area (Å²) >= 11 is 0. The van der Waals surface area contributed by atoms with Crippen LogP contribution < -0.4 is 10.0 Å². The van der Waals surface area contributed by atoms with Crippen molar-refractivity contribution in [2.75, 3.05) is 0 Å². The van der Waals surface area contributed by atoms with Crippen molar-refractivity contribution in [2.45, 2.75) is 30.8 Å². The van der Waals surface area contributed by atoms with E-state index in [0.29, 0.717) is 24.0 Å². The molecule has 132 valence electrons. The Balaban J connectivity index is 1.99. The Morgan fingerprint density at radius 3 is 2.48 bits per heavy atom. The number of pyridine rings is 1. The highest BCUT2D eigenvalue weighted by Crippen LogP contribution is 2.08. The van der Waals surface area contributed by atoms with Gasteiger partial charge in [-0.3, -0.25) is 9.78 Å². The van der Waals surface area contributed by atoms with Crippen molar-refractivity contribution < 1.29 is 18.0 Å². The number of carbonyl (C=O) groups excluding carboxylic acids is 2. The van der Waals surface area contributed by atoms with Crippen molar-refractivity contribution in [2.24, 2.45) is 0 Å². The summed E-state index contributed by atoms with van der Waals surface area (Å²) in [7, 11) is -3.62. The standard InChI is InChI=1S/C17H19N3O4S/c1-2-14(12-21)20-17(22)13-8-9-15(18-10-13)11-19-25(23,24)16-6-4-3-5-7-16/h3-10,12,14,19H,2,11H2,1H3,(H,20,22)/t14-/m0/s1. The van der Waals surface area contributed by atoms with Gasteiger partial charge in [-0.25, -0.2) is 13.1 Å². The number of amides is 1. The molecule has 0 spiro atoms. The van der Waals surface area contributed by atoms with Gasteiger partial charge in [0.15, 0.2) is 0 Å². The Hall–Kier alpha value is -2.58. The van der Waals surface area contributed by atoms with Crippen LogP contribution >= 0.6 is 0 Å². The second-order valence-corrected chi connectivity index (χ2v) is 7.07. The molecule has 8 heteroatoms. The number of aldehydes is 1. The minimum Gasteiger partial charge on any atom is -0.342 e. The lowest BCUT2D eigenvalue weighted by atomic mass is 10.2. The molecule has 0 saturated heterocycles. The third-order valence-electron chi connectivity index (χ3n) is 3.50. The molecule has 0 bridgehead atoms. The fourth-order valence-corrected chi connectivity index (χ4v) is 3.02. The van der Waals surface area contributed by atoms with Gasteiger partial charge < -0.3 is 10.1 Å². The molecule has 2 aromatic rings. The van der Waals surface area contributed by atoms with Crippen LogP contribution in [0.4, 0.5) is 0 Å². The van der Waals surface area contributed by atoms with E-state index in [-0.39, 0.29) is 11.4 Å². The quantitative estimate of drug-likeness (QED) is 0.689. The lowest BCUT2D eigenvalue weighted by molar-refractivity contribution is -0.109. The predicted molar refractivity (Wildman–Crippen MR) is 92.3 cm³/mol. The molecule has 1 atom stereocenters. The van der Waals surface area contributed by atoms with Gasteiger partial charge in [0, 0.05) is 6.20 Å². The lowest BCUT2D eigenvalue weighted by Gasteiger charge is -2.10. The second-order valence-electron chi connectivity index (χ2n) is 5.30. The Morgan fingerprint density at radius 1 is 1.20 bits per heavy atom. The van der Waals surface area contributed by atoms with E-state index in [1.807, 2.05) is 0 Å². The summed E-state index contributed by atoms with van der Waals surface area (Å²) in [4.78, 5) is 27.0. The highest BCUT2D eigenvalue weighted by atomic mass is 32.2. The number of nitrogens with one attached hydrogen (secondary N) is 2. The van der Waals surface area contributed by atoms with Crippen LogP contribution in [0.1, 0.15) is 29.4 Å². The van der Waals surface area contributed by atoms with E-state index in [2.05, 4.69) is 15.0 Å². The minimum absolute atomic E-state index is 0.00501. The molecule has 25 heavy (non-hydrogen) atoms. The van der Waals surface area contributed by atoms with E-state index >= 15 is 0 Å². The number of sulfonamides is 1. The van der Waals surface area contributed by atoms with Crippen molar-refractivity contribution >= 4 is 22.2 Å². The number of carbonyl (C=O) groups is 2. The van der Waals surface area contributed by atoms with Gasteiger partial charge in [-0.2, -0.15) is 0 Å². The number of hydrogen-bond acceptors (Lipinski definition) is 5. The molecule has 0 fully saturated rings. The molecule has 0 unspecified atom stereocenters. The fourth-order valence-electron chi connectivity index (χ4n) is 2.00. The van der Waals surface area contributed by atoms with Gasteiger partial charge in [0.25, 0.3) is 5.91 Å². The average molecular weight is 361 g/mol. The first kappa shape index (κ1) is 18.8. The molecule has 0 aliphatic heterocycles. The first-order chi connectivity index (χ1) is 12.0. The number of aromatic nitrogens is 1. The topological polar surface area (TPSA) is 105 Å². The highest BCUT2D eigenvalue weighted by Gasteiger charge is 2.14. The molecular formula is C17H19N3O4S. The van der Waals surface area contributed by atoms with Crippen LogP contribution in [0.2, 0.25) is 0 Å². The maximum Gasteiger partial charge on any atom is 0.253 e. The lowest BCUT2D eigenvalue weighted by Crippen LogP contribution is -2.35. The molecule has 2 rings (SSSR count). The third-order valence-corrected chi connectivity index (χ3v) is 4.92. The molecule has 1 heterocycles. The van der Waals surface area contributed by atoms with E-state index in [1.54, 1.807) is 31.2 Å². The smallest absolute Gasteiger partial charge is 0.253 e. The van der Waals surface area contributed by atoms with Crippen LogP contribution in [0.25, 0.3) is 0 Å². The first-order valence-corrected chi connectivity index (χ1v) is 9.20. The van der Waals surface area contributed by atoms with Crippen molar-refractivity contribution in [3.63, 3.8) is 0 Å². The van der Waals surface area contributed by atoms with E-state index in [0.717, 1.165) is 0 Å². The molecule has 0 aliphatic rings. The number of hydrogen-bond donors (Lipinski definition) is 2. The van der Waals surface area contributed by atoms with Gasteiger partial charge in [0.05, 0.1) is 28.7 Å². The Morgan fingerprint density at radius 2 is 1.92 bits per heavy atom. The molecule has 1 aromatic heterocycles. The largest absolute Gasteiger partial charge is 0.342 e. The van der Waals surface area contributed by atoms with Gasteiger partial charge >= 0.3 is 0 Å². The van der Waals surface area contributed by atoms with Crippen LogP contribution in [-0.2, 0) is 21.4 Å². The van der Waals surface area contributed by atoms with Crippen LogP contribution in [0.3, 0.4) is 0 Å². The van der Waals surface area contributed by atoms with Gasteiger partial charge in [0.1, 0.15) is 6.29 Å². The van der Waals surface area contributed by atoms with Crippen molar-refractivity contribution in [3.05, 3.63) is 59.9 Å². The van der Waals surface area contributed by atoms with Crippen LogP contribution in [-0.4, -0.2) is 31.6 Å². The van der Waals surface area contributed by atoms with Crippen LogP contribution in [0, 0.1) is 0 Å². The third kappa shape index (κ3) is 5.20. The highest BCUT2D eigenvalue weighted by molar-refractivity contribution is 7.89. The zero-order valence-electron chi connectivity index (χ0n) is 13.7. The van der Waals surface area contributed by atoms with Gasteiger partial charge in [-0.05, 0) is 30.7 Å². The monoisotopic (exact) mass is 361 g/mol. The van der Waals surface area contributed by atoms with Crippen molar-refractivity contribution in [1.29, 1.82) is 0 Å². The number of benzene rings is 1. The minimum atomic E-state index is -3.62. The Bertz CT molecular complexity index is 821. The van der Waals surface area contributed by atoms with Gasteiger partial charge in [-0.15, -0.1) is 0 Å². The Labute approximate surface area is 146 Å². The summed E-state index contributed by atoms with van der Waals surface area (Å²) in [6.07, 6.45) is 2.53. The average Bonchev–Trinajstić information content (AvgIpc) is 2.65. The number of nitrogens with zero attached hydrogens (tertiary/aromatic N) is 1. The van der Waals surface area contributed by atoms with E-state index in [1.165, 1.54) is 24.4 Å². The van der Waals surface area contributed by atoms with Crippen molar-refractivity contribution in [3.8, 4) is 0 Å². The summed E-state index contributed by atoms with van der Waals surface area (Å²) in [5.74, 6) is -0.400. The van der Waals surface area contributed by atoms with Crippen molar-refractivity contribution in [1.82, 2.24) is 15.0 Å². The van der Waals surface area contributed by atoms with E-state index in [4.69, 9.17) is 0 Å². The van der Waals surface area contributed by atoms with Crippen LogP contribution in [0.5, 0.6) is 0 Å². The zero-order valence-corrected chi connectivity index (χ0v) is 14.5. The SMILES string of the molecule is CC[C@@H](C=O)NC(=O)c1ccc(CNS(=O)(=O)c2ccccc2)nc1.